The number of nitrogens with one attached hydrogen (secondary N) is 2. The van der Waals surface area contributed by atoms with Crippen molar-refractivity contribution in [3.05, 3.63) is 65.9 Å². The summed E-state index contributed by atoms with van der Waals surface area (Å²) in [6.45, 7) is 9.66. The van der Waals surface area contributed by atoms with Crippen molar-refractivity contribution in [2.45, 2.75) is 13.5 Å². The largest absolute Gasteiger partial charge is 0.395 e. The van der Waals surface area contributed by atoms with Gasteiger partial charge in [-0.05, 0) is 50.5 Å². The van der Waals surface area contributed by atoms with Gasteiger partial charge in [-0.15, -0.1) is 0 Å². The van der Waals surface area contributed by atoms with E-state index in [-0.39, 0.29) is 18.4 Å². The number of aliphatic hydroxyl groups is 1. The van der Waals surface area contributed by atoms with Crippen molar-refractivity contribution in [3.8, 4) is 0 Å². The third kappa shape index (κ3) is 9.42. The van der Waals surface area contributed by atoms with Gasteiger partial charge < -0.3 is 20.2 Å². The van der Waals surface area contributed by atoms with E-state index in [0.717, 1.165) is 56.8 Å². The normalized spacial score (nSPS) is 14.4. The van der Waals surface area contributed by atoms with Crippen LogP contribution in [0.1, 0.15) is 18.2 Å². The van der Waals surface area contributed by atoms with Crippen molar-refractivity contribution >= 4 is 29.4 Å². The number of hydrogen-bond donors (Lipinski definition) is 3. The molecule has 41 heavy (non-hydrogen) atoms. The van der Waals surface area contributed by atoms with Crippen molar-refractivity contribution in [1.29, 1.82) is 0 Å². The molecule has 2 aromatic heterocycles. The highest BCUT2D eigenvalue weighted by molar-refractivity contribution is 5.79. The fourth-order valence-corrected chi connectivity index (χ4v) is 4.52. The predicted octanol–water partition coefficient (Wildman–Crippen LogP) is 2.70. The molecule has 0 unspecified atom stereocenters. The van der Waals surface area contributed by atoms with Gasteiger partial charge in [0, 0.05) is 69.9 Å². The van der Waals surface area contributed by atoms with Crippen molar-refractivity contribution in [2.75, 3.05) is 88.7 Å². The van der Waals surface area contributed by atoms with Crippen LogP contribution in [0.25, 0.3) is 0 Å². The summed E-state index contributed by atoms with van der Waals surface area (Å²) in [5.74, 6) is -0.0311. The van der Waals surface area contributed by atoms with Crippen LogP contribution in [0.15, 0.2) is 53.9 Å². The van der Waals surface area contributed by atoms with Gasteiger partial charge in [-0.25, -0.2) is 14.8 Å². The molecule has 1 aliphatic rings. The third-order valence-corrected chi connectivity index (χ3v) is 6.92. The fourth-order valence-electron chi connectivity index (χ4n) is 4.52. The summed E-state index contributed by atoms with van der Waals surface area (Å²) in [4.78, 5) is 21.4. The number of hydrogen-bond acceptors (Lipinski definition) is 11. The Hall–Kier alpha value is -3.71. The number of benzene rings is 1. The second-order valence-corrected chi connectivity index (χ2v) is 10.3. The Morgan fingerprint density at radius 2 is 1.83 bits per heavy atom. The monoisotopic (exact) mass is 564 g/mol. The number of rotatable bonds is 14. The van der Waals surface area contributed by atoms with Gasteiger partial charge in [-0.1, -0.05) is 19.1 Å². The Labute approximate surface area is 241 Å². The van der Waals surface area contributed by atoms with Crippen LogP contribution in [0, 0.1) is 5.82 Å². The molecule has 0 spiro atoms. The maximum Gasteiger partial charge on any atom is 0.245 e. The molecule has 4 rings (SSSR count). The molecule has 11 nitrogen and oxygen atoms in total. The van der Waals surface area contributed by atoms with E-state index in [4.69, 9.17) is 5.11 Å². The number of aliphatic hydroxyl groups excluding tert-OH is 1. The summed E-state index contributed by atoms with van der Waals surface area (Å²) in [6, 6.07) is 12.3. The van der Waals surface area contributed by atoms with Crippen LogP contribution in [0.3, 0.4) is 0 Å². The van der Waals surface area contributed by atoms with Crippen LogP contribution in [0.2, 0.25) is 0 Å². The van der Waals surface area contributed by atoms with Crippen LogP contribution in [0.4, 0.5) is 27.5 Å². The second-order valence-electron chi connectivity index (χ2n) is 10.3. The molecule has 0 amide bonds. The van der Waals surface area contributed by atoms with Crippen LogP contribution < -0.4 is 15.6 Å². The first-order chi connectivity index (χ1) is 19.9. The highest BCUT2D eigenvalue weighted by Gasteiger charge is 2.21. The molecule has 3 aromatic rings. The van der Waals surface area contributed by atoms with Crippen LogP contribution in [0.5, 0.6) is 0 Å². The average molecular weight is 565 g/mol. The molecule has 0 radical (unpaired) electrons. The molecule has 0 bridgehead atoms. The Morgan fingerprint density at radius 3 is 2.54 bits per heavy atom. The zero-order valence-electron chi connectivity index (χ0n) is 24.2. The summed E-state index contributed by atoms with van der Waals surface area (Å²) >= 11 is 0. The molecular weight excluding hydrogens is 523 g/mol. The number of anilines is 4. The van der Waals surface area contributed by atoms with Gasteiger partial charge in [-0.3, -0.25) is 14.8 Å². The summed E-state index contributed by atoms with van der Waals surface area (Å²) in [5, 5.41) is 16.8. The van der Waals surface area contributed by atoms with E-state index in [1.54, 1.807) is 12.4 Å². The van der Waals surface area contributed by atoms with Crippen molar-refractivity contribution in [2.24, 2.45) is 5.10 Å². The number of likely N-dealkylation sites (N-methyl/N-ethyl adjacent to an activating group) is 2. The van der Waals surface area contributed by atoms with E-state index in [2.05, 4.69) is 90.8 Å². The molecule has 0 aliphatic carbocycles. The summed E-state index contributed by atoms with van der Waals surface area (Å²) in [5.41, 5.74) is 6.57. The van der Waals surface area contributed by atoms with Gasteiger partial charge in [-0.2, -0.15) is 10.1 Å². The zero-order chi connectivity index (χ0) is 29.0. The van der Waals surface area contributed by atoms with E-state index >= 15 is 0 Å². The van der Waals surface area contributed by atoms with Crippen LogP contribution in [-0.4, -0.2) is 114 Å². The maximum absolute atomic E-state index is 14.5. The molecule has 12 heteroatoms. The van der Waals surface area contributed by atoms with Gasteiger partial charge in [0.15, 0.2) is 11.6 Å². The smallest absolute Gasteiger partial charge is 0.245 e. The molecule has 0 saturated carbocycles. The fraction of sp³-hybridized carbons (Fsp3) is 0.448. The van der Waals surface area contributed by atoms with E-state index in [0.29, 0.717) is 25.3 Å². The first kappa shape index (κ1) is 30.3. The van der Waals surface area contributed by atoms with Crippen molar-refractivity contribution in [1.82, 2.24) is 29.7 Å². The molecule has 1 saturated heterocycles. The predicted molar refractivity (Wildman–Crippen MR) is 162 cm³/mol. The van der Waals surface area contributed by atoms with Gasteiger partial charge in [0.05, 0.1) is 24.7 Å². The SMILES string of the molecule is CCN(CCN(C)C)Cc1ccc(Nc2ccnc(/C=N/Nc3ncc(F)c(N4CCN(CCO)CC4)n3)c2)cc1. The zero-order valence-corrected chi connectivity index (χ0v) is 24.2. The minimum Gasteiger partial charge on any atom is -0.395 e. The first-order valence-electron chi connectivity index (χ1n) is 14.0. The van der Waals surface area contributed by atoms with E-state index < -0.39 is 5.82 Å². The van der Waals surface area contributed by atoms with E-state index in [9.17, 15) is 4.39 Å². The van der Waals surface area contributed by atoms with Gasteiger partial charge in [0.2, 0.25) is 5.95 Å². The Morgan fingerprint density at radius 1 is 1.05 bits per heavy atom. The van der Waals surface area contributed by atoms with Crippen molar-refractivity contribution < 1.29 is 9.50 Å². The second kappa shape index (κ2) is 15.3. The molecule has 1 aromatic carbocycles. The topological polar surface area (TPSA) is 108 Å². The van der Waals surface area contributed by atoms with Crippen LogP contribution in [-0.2, 0) is 6.54 Å². The van der Waals surface area contributed by atoms with E-state index in [1.807, 2.05) is 17.0 Å². The highest BCUT2D eigenvalue weighted by atomic mass is 19.1. The maximum atomic E-state index is 14.5. The summed E-state index contributed by atoms with van der Waals surface area (Å²) < 4.78 is 14.5. The Balaban J connectivity index is 1.31. The molecule has 220 valence electrons. The average Bonchev–Trinajstić information content (AvgIpc) is 2.98. The molecule has 0 atom stereocenters. The number of aromatic nitrogens is 3. The highest BCUT2D eigenvalue weighted by Crippen LogP contribution is 2.20. The Kier molecular flexibility index (Phi) is 11.3. The molecule has 1 fully saturated rings. The minimum absolute atomic E-state index is 0.116. The molecule has 3 heterocycles. The standard InChI is InChI=1S/C29H41FN10O/c1-4-38(12-11-37(2)3)22-23-5-7-24(8-6-23)34-25-9-10-31-26(19-25)20-33-36-29-32-21-27(30)28(35-29)40-15-13-39(14-16-40)17-18-41/h5-10,19-21,41H,4,11-18,22H2,1-3H3,(H,31,34)(H,32,35,36)/b33-20+. The third-order valence-electron chi connectivity index (χ3n) is 6.92. The first-order valence-corrected chi connectivity index (χ1v) is 14.0. The Bertz CT molecular complexity index is 1250. The lowest BCUT2D eigenvalue weighted by atomic mass is 10.2. The van der Waals surface area contributed by atoms with Gasteiger partial charge >= 0.3 is 0 Å². The number of nitrogens with zero attached hydrogens (tertiary/aromatic N) is 8. The lowest BCUT2D eigenvalue weighted by Crippen LogP contribution is -2.47. The summed E-state index contributed by atoms with van der Waals surface area (Å²) in [6.07, 6.45) is 4.43. The number of hydrazone groups is 1. The van der Waals surface area contributed by atoms with Crippen molar-refractivity contribution in [3.63, 3.8) is 0 Å². The van der Waals surface area contributed by atoms with E-state index in [1.165, 1.54) is 5.56 Å². The molecular formula is C29H41FN10O. The van der Waals surface area contributed by atoms with Gasteiger partial charge in [0.1, 0.15) is 0 Å². The number of pyridine rings is 1. The number of halogens is 1. The van der Waals surface area contributed by atoms with Gasteiger partial charge in [0.25, 0.3) is 0 Å². The number of piperazine rings is 1. The lowest BCUT2D eigenvalue weighted by Gasteiger charge is -2.35. The minimum atomic E-state index is -0.476. The number of β-amino-alcohol motifs (C(OH)–C–C–N with tert-alkyl or cyclic N) is 1. The lowest BCUT2D eigenvalue weighted by molar-refractivity contribution is 0.188. The summed E-state index contributed by atoms with van der Waals surface area (Å²) in [7, 11) is 4.20. The molecule has 3 N–H and O–H groups in total. The molecule has 1 aliphatic heterocycles. The van der Waals surface area contributed by atoms with Crippen LogP contribution >= 0.6 is 0 Å². The quantitative estimate of drug-likeness (QED) is 0.200.